The summed E-state index contributed by atoms with van der Waals surface area (Å²) in [4.78, 5) is 2.61. The highest BCUT2D eigenvalue weighted by Gasteiger charge is 2.18. The van der Waals surface area contributed by atoms with Gasteiger partial charge in [0.1, 0.15) is 5.75 Å². The van der Waals surface area contributed by atoms with Crippen LogP contribution in [0, 0.1) is 6.92 Å². The molecular weight excluding hydrogens is 248 g/mol. The third-order valence-electron chi connectivity index (χ3n) is 4.08. The summed E-state index contributed by atoms with van der Waals surface area (Å²) in [5.74, 6) is 0.995. The molecule has 0 aliphatic carbocycles. The predicted molar refractivity (Wildman–Crippen MR) is 84.4 cm³/mol. The molecule has 0 amide bonds. The lowest BCUT2D eigenvalue weighted by Gasteiger charge is -2.33. The molecule has 0 atom stereocenters. The van der Waals surface area contributed by atoms with Gasteiger partial charge < -0.3 is 15.0 Å². The van der Waals surface area contributed by atoms with E-state index in [1.165, 1.54) is 31.5 Å². The van der Waals surface area contributed by atoms with Gasteiger partial charge in [0.2, 0.25) is 0 Å². The van der Waals surface area contributed by atoms with E-state index in [9.17, 15) is 0 Å². The second-order valence-electron chi connectivity index (χ2n) is 5.63. The number of rotatable bonds is 7. The van der Waals surface area contributed by atoms with Crippen molar-refractivity contribution >= 4 is 0 Å². The van der Waals surface area contributed by atoms with Gasteiger partial charge in [-0.15, -0.1) is 0 Å². The van der Waals surface area contributed by atoms with Crippen molar-refractivity contribution in [3.05, 3.63) is 29.8 Å². The molecule has 1 N–H and O–H groups in total. The molecule has 0 unspecified atom stereocenters. The van der Waals surface area contributed by atoms with Crippen molar-refractivity contribution in [2.75, 3.05) is 32.8 Å². The van der Waals surface area contributed by atoms with Gasteiger partial charge in [-0.3, -0.25) is 0 Å². The molecule has 1 heterocycles. The summed E-state index contributed by atoms with van der Waals surface area (Å²) in [6.45, 7) is 9.81. The first-order chi connectivity index (χ1) is 9.79. The summed E-state index contributed by atoms with van der Waals surface area (Å²) in [6.07, 6.45) is 3.67. The molecule has 1 aliphatic heterocycles. The number of nitrogens with one attached hydrogen (secondary N) is 1. The van der Waals surface area contributed by atoms with E-state index in [2.05, 4.69) is 42.3 Å². The van der Waals surface area contributed by atoms with Gasteiger partial charge >= 0.3 is 0 Å². The average molecular weight is 276 g/mol. The first-order valence-electron chi connectivity index (χ1n) is 7.94. The topological polar surface area (TPSA) is 24.5 Å². The van der Waals surface area contributed by atoms with Gasteiger partial charge in [-0.1, -0.05) is 19.1 Å². The molecule has 3 nitrogen and oxygen atoms in total. The Balaban J connectivity index is 1.68. The minimum Gasteiger partial charge on any atom is -0.494 e. The lowest BCUT2D eigenvalue weighted by atomic mass is 10.0. The molecule has 0 bridgehead atoms. The first kappa shape index (κ1) is 15.3. The Hall–Kier alpha value is -1.06. The van der Waals surface area contributed by atoms with Crippen LogP contribution in [0.1, 0.15) is 31.7 Å². The number of ether oxygens (including phenoxy) is 1. The smallest absolute Gasteiger partial charge is 0.119 e. The van der Waals surface area contributed by atoms with E-state index in [4.69, 9.17) is 4.74 Å². The maximum Gasteiger partial charge on any atom is 0.119 e. The molecule has 1 aliphatic rings. The van der Waals surface area contributed by atoms with Crippen LogP contribution in [0.5, 0.6) is 5.75 Å². The van der Waals surface area contributed by atoms with E-state index in [0.29, 0.717) is 0 Å². The number of nitrogens with zero attached hydrogens (tertiary/aromatic N) is 1. The standard InChI is InChI=1S/C17H28N2O/c1-3-19(16-8-10-18-11-9-16)12-5-13-20-17-7-4-6-15(2)14-17/h4,6-7,14,16,18H,3,5,8-13H2,1-2H3. The fourth-order valence-electron chi connectivity index (χ4n) is 2.93. The van der Waals surface area contributed by atoms with E-state index in [1.807, 2.05) is 6.07 Å². The van der Waals surface area contributed by atoms with Gasteiger partial charge in [0, 0.05) is 12.6 Å². The normalized spacial score (nSPS) is 16.6. The van der Waals surface area contributed by atoms with Crippen LogP contribution >= 0.6 is 0 Å². The van der Waals surface area contributed by atoms with Gasteiger partial charge in [-0.25, -0.2) is 0 Å². The summed E-state index contributed by atoms with van der Waals surface area (Å²) in [7, 11) is 0. The number of aryl methyl sites for hydroxylation is 1. The number of hydrogen-bond donors (Lipinski definition) is 1. The molecule has 112 valence electrons. The van der Waals surface area contributed by atoms with Crippen molar-refractivity contribution in [1.82, 2.24) is 10.2 Å². The highest BCUT2D eigenvalue weighted by molar-refractivity contribution is 5.27. The Morgan fingerprint density at radius 1 is 1.30 bits per heavy atom. The average Bonchev–Trinajstić information content (AvgIpc) is 2.48. The second-order valence-corrected chi connectivity index (χ2v) is 5.63. The zero-order chi connectivity index (χ0) is 14.2. The van der Waals surface area contributed by atoms with Crippen molar-refractivity contribution < 1.29 is 4.74 Å². The fraction of sp³-hybridized carbons (Fsp3) is 0.647. The van der Waals surface area contributed by atoms with Crippen molar-refractivity contribution in [1.29, 1.82) is 0 Å². The van der Waals surface area contributed by atoms with Crippen LogP contribution in [-0.2, 0) is 0 Å². The Kier molecular flexibility index (Phi) is 6.34. The second kappa shape index (κ2) is 8.28. The monoisotopic (exact) mass is 276 g/mol. The predicted octanol–water partition coefficient (Wildman–Crippen LogP) is 2.84. The van der Waals surface area contributed by atoms with Crippen molar-refractivity contribution in [3.8, 4) is 5.75 Å². The molecule has 1 aromatic carbocycles. The summed E-state index contributed by atoms with van der Waals surface area (Å²) in [5.41, 5.74) is 1.26. The van der Waals surface area contributed by atoms with Crippen LogP contribution in [0.3, 0.4) is 0 Å². The third-order valence-corrected chi connectivity index (χ3v) is 4.08. The van der Waals surface area contributed by atoms with Crippen molar-refractivity contribution in [3.63, 3.8) is 0 Å². The zero-order valence-corrected chi connectivity index (χ0v) is 12.9. The summed E-state index contributed by atoms with van der Waals surface area (Å²) < 4.78 is 5.83. The minimum atomic E-state index is 0.764. The van der Waals surface area contributed by atoms with E-state index in [1.54, 1.807) is 0 Å². The quantitative estimate of drug-likeness (QED) is 0.775. The first-order valence-corrected chi connectivity index (χ1v) is 7.94. The van der Waals surface area contributed by atoms with Crippen molar-refractivity contribution in [2.45, 2.75) is 39.2 Å². The minimum absolute atomic E-state index is 0.764. The van der Waals surface area contributed by atoms with Gasteiger partial charge in [-0.05, 0) is 63.5 Å². The molecular formula is C17H28N2O. The summed E-state index contributed by atoms with van der Waals surface area (Å²) in [5, 5.41) is 3.44. The molecule has 1 saturated heterocycles. The molecule has 0 saturated carbocycles. The van der Waals surface area contributed by atoms with Crippen LogP contribution in [0.4, 0.5) is 0 Å². The molecule has 0 radical (unpaired) electrons. The molecule has 2 rings (SSSR count). The molecule has 20 heavy (non-hydrogen) atoms. The Morgan fingerprint density at radius 2 is 2.10 bits per heavy atom. The Labute approximate surface area is 123 Å². The maximum absolute atomic E-state index is 5.83. The van der Waals surface area contributed by atoms with E-state index < -0.39 is 0 Å². The van der Waals surface area contributed by atoms with Crippen LogP contribution in [-0.4, -0.2) is 43.7 Å². The number of hydrogen-bond acceptors (Lipinski definition) is 3. The molecule has 1 aromatic rings. The van der Waals surface area contributed by atoms with E-state index in [-0.39, 0.29) is 0 Å². The van der Waals surface area contributed by atoms with Crippen molar-refractivity contribution in [2.24, 2.45) is 0 Å². The molecule has 0 aromatic heterocycles. The van der Waals surface area contributed by atoms with Crippen LogP contribution in [0.25, 0.3) is 0 Å². The van der Waals surface area contributed by atoms with Crippen LogP contribution < -0.4 is 10.1 Å². The Bertz CT molecular complexity index is 388. The molecule has 0 spiro atoms. The van der Waals surface area contributed by atoms with Crippen LogP contribution in [0.15, 0.2) is 24.3 Å². The SMILES string of the molecule is CCN(CCCOc1cccc(C)c1)C1CCNCC1. The Morgan fingerprint density at radius 3 is 2.80 bits per heavy atom. The highest BCUT2D eigenvalue weighted by atomic mass is 16.5. The highest BCUT2D eigenvalue weighted by Crippen LogP contribution is 2.14. The van der Waals surface area contributed by atoms with E-state index >= 15 is 0 Å². The lowest BCUT2D eigenvalue weighted by molar-refractivity contribution is 0.157. The maximum atomic E-state index is 5.83. The van der Waals surface area contributed by atoms with Gasteiger partial charge in [-0.2, -0.15) is 0 Å². The molecule has 3 heteroatoms. The lowest BCUT2D eigenvalue weighted by Crippen LogP contribution is -2.43. The fourth-order valence-corrected chi connectivity index (χ4v) is 2.93. The number of piperidine rings is 1. The third kappa shape index (κ3) is 4.80. The van der Waals surface area contributed by atoms with Gasteiger partial charge in [0.25, 0.3) is 0 Å². The van der Waals surface area contributed by atoms with Gasteiger partial charge in [0.05, 0.1) is 6.61 Å². The summed E-state index contributed by atoms with van der Waals surface area (Å²) >= 11 is 0. The zero-order valence-electron chi connectivity index (χ0n) is 12.9. The molecule has 1 fully saturated rings. The van der Waals surface area contributed by atoms with E-state index in [0.717, 1.165) is 37.9 Å². The van der Waals surface area contributed by atoms with Gasteiger partial charge in [0.15, 0.2) is 0 Å². The summed E-state index contributed by atoms with van der Waals surface area (Å²) in [6, 6.07) is 9.06. The largest absolute Gasteiger partial charge is 0.494 e. The number of benzene rings is 1. The van der Waals surface area contributed by atoms with Crippen LogP contribution in [0.2, 0.25) is 0 Å².